The zero-order valence-corrected chi connectivity index (χ0v) is 12.4. The van der Waals surface area contributed by atoms with E-state index in [4.69, 9.17) is 0 Å². The van der Waals surface area contributed by atoms with Gasteiger partial charge >= 0.3 is 0 Å². The van der Waals surface area contributed by atoms with E-state index in [1.807, 2.05) is 0 Å². The van der Waals surface area contributed by atoms with Gasteiger partial charge in [-0.15, -0.1) is 11.8 Å². The van der Waals surface area contributed by atoms with E-state index in [9.17, 15) is 0 Å². The van der Waals surface area contributed by atoms with Gasteiger partial charge in [0.05, 0.1) is 6.33 Å². The van der Waals surface area contributed by atoms with Crippen LogP contribution in [0, 0.1) is 0 Å². The first kappa shape index (κ1) is 14.1. The molecule has 0 atom stereocenters. The summed E-state index contributed by atoms with van der Waals surface area (Å²) in [7, 11) is 4.14. The number of nitrogens with zero attached hydrogens (tertiary/aromatic N) is 4. The molecule has 2 aromatic rings. The molecule has 6 nitrogen and oxygen atoms in total. The zero-order valence-electron chi connectivity index (χ0n) is 11.6. The molecule has 104 valence electrons. The fourth-order valence-electron chi connectivity index (χ4n) is 1.55. The number of aromatic nitrogens is 4. The third kappa shape index (κ3) is 3.81. The summed E-state index contributed by atoms with van der Waals surface area (Å²) in [5.41, 5.74) is 1.65. The molecule has 0 aliphatic rings. The number of anilines is 1. The average molecular weight is 280 g/mol. The second-order valence-electron chi connectivity index (χ2n) is 4.53. The number of aromatic amines is 1. The Hall–Kier alpha value is -1.34. The third-order valence-corrected chi connectivity index (χ3v) is 3.52. The fraction of sp³-hybridized carbons (Fsp3) is 0.583. The first-order valence-corrected chi connectivity index (χ1v) is 7.41. The molecule has 0 aromatic carbocycles. The van der Waals surface area contributed by atoms with E-state index in [1.165, 1.54) is 0 Å². The minimum Gasteiger partial charge on any atom is -0.354 e. The summed E-state index contributed by atoms with van der Waals surface area (Å²) < 4.78 is 0. The van der Waals surface area contributed by atoms with Crippen LogP contribution in [0.4, 0.5) is 5.95 Å². The van der Waals surface area contributed by atoms with Crippen LogP contribution < -0.4 is 5.32 Å². The predicted molar refractivity (Wildman–Crippen MR) is 79.7 cm³/mol. The van der Waals surface area contributed by atoms with Gasteiger partial charge in [-0.3, -0.25) is 0 Å². The van der Waals surface area contributed by atoms with Gasteiger partial charge in [0.15, 0.2) is 5.65 Å². The number of fused-ring (bicyclic) bond motifs is 1. The van der Waals surface area contributed by atoms with E-state index in [0.29, 0.717) is 5.95 Å². The summed E-state index contributed by atoms with van der Waals surface area (Å²) in [5, 5.41) is 4.18. The Morgan fingerprint density at radius 3 is 2.95 bits per heavy atom. The van der Waals surface area contributed by atoms with E-state index in [0.717, 1.165) is 41.5 Å². The summed E-state index contributed by atoms with van der Waals surface area (Å²) in [6.45, 7) is 4.01. The van der Waals surface area contributed by atoms with Crippen LogP contribution in [-0.4, -0.2) is 57.8 Å². The number of hydrogen-bond donors (Lipinski definition) is 2. The van der Waals surface area contributed by atoms with Crippen molar-refractivity contribution in [2.45, 2.75) is 18.4 Å². The van der Waals surface area contributed by atoms with Crippen molar-refractivity contribution in [1.82, 2.24) is 24.8 Å². The highest BCUT2D eigenvalue weighted by atomic mass is 32.2. The van der Waals surface area contributed by atoms with Crippen molar-refractivity contribution in [2.75, 3.05) is 38.3 Å². The summed E-state index contributed by atoms with van der Waals surface area (Å²) >= 11 is 1.73. The Kier molecular flexibility index (Phi) is 4.98. The molecule has 0 saturated carbocycles. The summed E-state index contributed by atoms with van der Waals surface area (Å²) in [6.07, 6.45) is 2.71. The molecular weight excluding hydrogens is 260 g/mol. The van der Waals surface area contributed by atoms with Crippen LogP contribution in [0.2, 0.25) is 0 Å². The van der Waals surface area contributed by atoms with Crippen molar-refractivity contribution in [3.63, 3.8) is 0 Å². The van der Waals surface area contributed by atoms with E-state index < -0.39 is 0 Å². The SMILES string of the molecule is CCCNc1nc(SCCN(C)C)c2[nH]cnc2n1. The Bertz CT molecular complexity index is 524. The lowest BCUT2D eigenvalue weighted by atomic mass is 10.5. The van der Waals surface area contributed by atoms with Crippen LogP contribution in [0.3, 0.4) is 0 Å². The lowest BCUT2D eigenvalue weighted by Crippen LogP contribution is -2.15. The number of H-pyrrole nitrogens is 1. The van der Waals surface area contributed by atoms with E-state index in [2.05, 4.69) is 51.2 Å². The van der Waals surface area contributed by atoms with E-state index >= 15 is 0 Å². The molecule has 0 bridgehead atoms. The molecular formula is C12H20N6S. The maximum Gasteiger partial charge on any atom is 0.225 e. The first-order valence-electron chi connectivity index (χ1n) is 6.43. The van der Waals surface area contributed by atoms with Crippen molar-refractivity contribution >= 4 is 28.9 Å². The fourth-order valence-corrected chi connectivity index (χ4v) is 2.65. The smallest absolute Gasteiger partial charge is 0.225 e. The molecule has 0 saturated heterocycles. The molecule has 0 radical (unpaired) electrons. The minimum atomic E-state index is 0.661. The maximum absolute atomic E-state index is 4.56. The highest BCUT2D eigenvalue weighted by molar-refractivity contribution is 7.99. The van der Waals surface area contributed by atoms with Crippen molar-refractivity contribution in [3.05, 3.63) is 6.33 Å². The van der Waals surface area contributed by atoms with E-state index in [1.54, 1.807) is 18.1 Å². The highest BCUT2D eigenvalue weighted by Gasteiger charge is 2.10. The van der Waals surface area contributed by atoms with Gasteiger partial charge in [-0.25, -0.2) is 9.97 Å². The lowest BCUT2D eigenvalue weighted by Gasteiger charge is -2.09. The van der Waals surface area contributed by atoms with Gasteiger partial charge in [0.25, 0.3) is 0 Å². The topological polar surface area (TPSA) is 69.7 Å². The quantitative estimate of drug-likeness (QED) is 0.595. The second-order valence-corrected chi connectivity index (χ2v) is 5.62. The van der Waals surface area contributed by atoms with Gasteiger partial charge in [0.2, 0.25) is 5.95 Å². The average Bonchev–Trinajstić information content (AvgIpc) is 2.84. The zero-order chi connectivity index (χ0) is 13.7. The van der Waals surface area contributed by atoms with Crippen molar-refractivity contribution < 1.29 is 0 Å². The molecule has 2 N–H and O–H groups in total. The molecule has 0 aliphatic heterocycles. The van der Waals surface area contributed by atoms with Crippen molar-refractivity contribution in [2.24, 2.45) is 0 Å². The Labute approximate surface area is 117 Å². The molecule has 0 unspecified atom stereocenters. The predicted octanol–water partition coefficient (Wildman–Crippen LogP) is 1.83. The standard InChI is InChI=1S/C12H20N6S/c1-4-5-13-12-16-10-9(14-8-15-10)11(17-12)19-7-6-18(2)3/h8H,4-7H2,1-3H3,(H2,13,14,15,16,17). The van der Waals surface area contributed by atoms with Gasteiger partial charge in [-0.2, -0.15) is 4.98 Å². The third-order valence-electron chi connectivity index (χ3n) is 2.56. The number of nitrogens with one attached hydrogen (secondary N) is 2. The van der Waals surface area contributed by atoms with Crippen LogP contribution in [0.25, 0.3) is 11.2 Å². The van der Waals surface area contributed by atoms with E-state index in [-0.39, 0.29) is 0 Å². The molecule has 2 aromatic heterocycles. The largest absolute Gasteiger partial charge is 0.354 e. The van der Waals surface area contributed by atoms with Gasteiger partial charge in [0.1, 0.15) is 10.5 Å². The maximum atomic E-state index is 4.56. The number of thioether (sulfide) groups is 1. The van der Waals surface area contributed by atoms with Crippen LogP contribution in [0.1, 0.15) is 13.3 Å². The van der Waals surface area contributed by atoms with Crippen molar-refractivity contribution in [3.8, 4) is 0 Å². The number of rotatable bonds is 7. The van der Waals surface area contributed by atoms with Crippen LogP contribution >= 0.6 is 11.8 Å². The van der Waals surface area contributed by atoms with Gasteiger partial charge < -0.3 is 15.2 Å². The minimum absolute atomic E-state index is 0.661. The van der Waals surface area contributed by atoms with Crippen LogP contribution in [-0.2, 0) is 0 Å². The molecule has 0 aliphatic carbocycles. The molecule has 0 fully saturated rings. The molecule has 2 heterocycles. The van der Waals surface area contributed by atoms with Gasteiger partial charge in [0, 0.05) is 18.8 Å². The first-order chi connectivity index (χ1) is 9.20. The van der Waals surface area contributed by atoms with Gasteiger partial charge in [-0.1, -0.05) is 6.92 Å². The normalized spacial score (nSPS) is 11.4. The number of hydrogen-bond acceptors (Lipinski definition) is 6. The molecule has 7 heteroatoms. The summed E-state index contributed by atoms with van der Waals surface area (Å²) in [6, 6.07) is 0. The second kappa shape index (κ2) is 6.72. The van der Waals surface area contributed by atoms with Gasteiger partial charge in [-0.05, 0) is 20.5 Å². The molecule has 2 rings (SSSR count). The molecule has 0 spiro atoms. The van der Waals surface area contributed by atoms with Crippen molar-refractivity contribution in [1.29, 1.82) is 0 Å². The Morgan fingerprint density at radius 2 is 2.21 bits per heavy atom. The number of imidazole rings is 1. The van der Waals surface area contributed by atoms with Crippen LogP contribution in [0.15, 0.2) is 11.4 Å². The van der Waals surface area contributed by atoms with Crippen LogP contribution in [0.5, 0.6) is 0 Å². The molecule has 19 heavy (non-hydrogen) atoms. The highest BCUT2D eigenvalue weighted by Crippen LogP contribution is 2.24. The molecule has 0 amide bonds. The lowest BCUT2D eigenvalue weighted by molar-refractivity contribution is 0.437. The monoisotopic (exact) mass is 280 g/mol. The summed E-state index contributed by atoms with van der Waals surface area (Å²) in [5.74, 6) is 1.65. The Morgan fingerprint density at radius 1 is 1.37 bits per heavy atom. The Balaban J connectivity index is 2.16. The summed E-state index contributed by atoms with van der Waals surface area (Å²) in [4.78, 5) is 18.4.